The summed E-state index contributed by atoms with van der Waals surface area (Å²) in [5, 5.41) is 7.23. The summed E-state index contributed by atoms with van der Waals surface area (Å²) in [5.74, 6) is 0.922. The van der Waals surface area contributed by atoms with Crippen molar-refractivity contribution in [2.45, 2.75) is 32.5 Å². The van der Waals surface area contributed by atoms with Crippen LogP contribution in [0.15, 0.2) is 53.5 Å². The minimum atomic E-state index is 0.204. The summed E-state index contributed by atoms with van der Waals surface area (Å²) in [7, 11) is 1.74. The van der Waals surface area contributed by atoms with Gasteiger partial charge in [-0.05, 0) is 35.2 Å². The molecule has 2 aromatic rings. The molecule has 142 valence electrons. The molecule has 2 aromatic carbocycles. The average Bonchev–Trinajstić information content (AvgIpc) is 3.11. The molecule has 1 aliphatic heterocycles. The molecule has 0 aromatic heterocycles. The highest BCUT2D eigenvalue weighted by atomic mass is 35.5. The second kappa shape index (κ2) is 9.42. The monoisotopic (exact) mass is 384 g/mol. The van der Waals surface area contributed by atoms with Crippen LogP contribution in [0.25, 0.3) is 0 Å². The lowest BCUT2D eigenvalue weighted by Gasteiger charge is -2.16. The van der Waals surface area contributed by atoms with E-state index in [1.165, 1.54) is 11.1 Å². The van der Waals surface area contributed by atoms with Crippen LogP contribution in [0.4, 0.5) is 0 Å². The standard InChI is InChI=1S/C21H25ClN4O/c1-23-21(25-13-16-6-4-9-19(22)12-16)24-11-5-10-20(27)26-14-17-7-2-3-8-18(17)15-26/h2-4,6-9,12H,5,10-11,13-15H2,1H3,(H2,23,24,25). The van der Waals surface area contributed by atoms with Crippen molar-refractivity contribution >= 4 is 23.5 Å². The van der Waals surface area contributed by atoms with Gasteiger partial charge in [0.05, 0.1) is 0 Å². The van der Waals surface area contributed by atoms with Crippen LogP contribution in [0.1, 0.15) is 29.5 Å². The van der Waals surface area contributed by atoms with Gasteiger partial charge in [-0.25, -0.2) is 0 Å². The summed E-state index contributed by atoms with van der Waals surface area (Å²) in [6, 6.07) is 16.0. The molecular weight excluding hydrogens is 360 g/mol. The van der Waals surface area contributed by atoms with Crippen molar-refractivity contribution in [1.82, 2.24) is 15.5 Å². The van der Waals surface area contributed by atoms with Gasteiger partial charge in [0.2, 0.25) is 5.91 Å². The number of carbonyl (C=O) groups excluding carboxylic acids is 1. The Morgan fingerprint density at radius 3 is 2.52 bits per heavy atom. The van der Waals surface area contributed by atoms with E-state index >= 15 is 0 Å². The minimum absolute atomic E-state index is 0.204. The molecule has 0 atom stereocenters. The molecule has 0 unspecified atom stereocenters. The SMILES string of the molecule is CN=C(NCCCC(=O)N1Cc2ccccc2C1)NCc1cccc(Cl)c1. The Labute approximate surface area is 165 Å². The van der Waals surface area contributed by atoms with E-state index in [4.69, 9.17) is 11.6 Å². The molecule has 0 aliphatic carbocycles. The highest BCUT2D eigenvalue weighted by Crippen LogP contribution is 2.22. The molecule has 1 amide bonds. The number of amides is 1. The predicted octanol–water partition coefficient (Wildman–Crippen LogP) is 3.33. The third kappa shape index (κ3) is 5.47. The van der Waals surface area contributed by atoms with Crippen molar-refractivity contribution in [1.29, 1.82) is 0 Å². The molecule has 27 heavy (non-hydrogen) atoms. The number of nitrogens with one attached hydrogen (secondary N) is 2. The lowest BCUT2D eigenvalue weighted by Crippen LogP contribution is -2.37. The van der Waals surface area contributed by atoms with Crippen molar-refractivity contribution in [2.75, 3.05) is 13.6 Å². The summed E-state index contributed by atoms with van der Waals surface area (Å²) < 4.78 is 0. The van der Waals surface area contributed by atoms with Crippen LogP contribution in [-0.2, 0) is 24.4 Å². The Morgan fingerprint density at radius 2 is 1.85 bits per heavy atom. The van der Waals surface area contributed by atoms with E-state index < -0.39 is 0 Å². The highest BCUT2D eigenvalue weighted by Gasteiger charge is 2.22. The van der Waals surface area contributed by atoms with Crippen LogP contribution in [0.2, 0.25) is 5.02 Å². The van der Waals surface area contributed by atoms with E-state index in [0.29, 0.717) is 19.5 Å². The van der Waals surface area contributed by atoms with Gasteiger partial charge in [0.25, 0.3) is 0 Å². The number of benzene rings is 2. The number of carbonyl (C=O) groups is 1. The smallest absolute Gasteiger partial charge is 0.223 e. The zero-order valence-corrected chi connectivity index (χ0v) is 16.3. The van der Waals surface area contributed by atoms with Crippen LogP contribution in [0.3, 0.4) is 0 Å². The van der Waals surface area contributed by atoms with Gasteiger partial charge in [0, 0.05) is 44.7 Å². The first-order valence-corrected chi connectivity index (χ1v) is 9.57. The van der Waals surface area contributed by atoms with Gasteiger partial charge in [-0.3, -0.25) is 9.79 Å². The molecule has 0 fully saturated rings. The first-order valence-electron chi connectivity index (χ1n) is 9.19. The van der Waals surface area contributed by atoms with E-state index in [9.17, 15) is 4.79 Å². The molecule has 1 heterocycles. The molecule has 1 aliphatic rings. The van der Waals surface area contributed by atoms with Crippen molar-refractivity contribution in [3.8, 4) is 0 Å². The minimum Gasteiger partial charge on any atom is -0.356 e. The third-order valence-corrected chi connectivity index (χ3v) is 4.86. The Hall–Kier alpha value is -2.53. The number of halogens is 1. The summed E-state index contributed by atoms with van der Waals surface area (Å²) in [6.45, 7) is 2.80. The van der Waals surface area contributed by atoms with E-state index in [2.05, 4.69) is 27.8 Å². The van der Waals surface area contributed by atoms with Crippen molar-refractivity contribution in [3.05, 3.63) is 70.2 Å². The molecule has 6 heteroatoms. The van der Waals surface area contributed by atoms with Gasteiger partial charge in [-0.15, -0.1) is 0 Å². The fourth-order valence-corrected chi connectivity index (χ4v) is 3.38. The number of guanidine groups is 1. The van der Waals surface area contributed by atoms with Gasteiger partial charge in [-0.2, -0.15) is 0 Å². The normalized spacial score (nSPS) is 13.4. The first-order chi connectivity index (χ1) is 13.2. The van der Waals surface area contributed by atoms with E-state index in [0.717, 1.165) is 36.1 Å². The number of hydrogen-bond acceptors (Lipinski definition) is 2. The largest absolute Gasteiger partial charge is 0.356 e. The fourth-order valence-electron chi connectivity index (χ4n) is 3.17. The fraction of sp³-hybridized carbons (Fsp3) is 0.333. The van der Waals surface area contributed by atoms with Gasteiger partial charge >= 0.3 is 0 Å². The van der Waals surface area contributed by atoms with Crippen LogP contribution >= 0.6 is 11.6 Å². The molecule has 3 rings (SSSR count). The molecule has 5 nitrogen and oxygen atoms in total. The summed E-state index contributed by atoms with van der Waals surface area (Å²) in [4.78, 5) is 18.6. The quantitative estimate of drug-likeness (QED) is 0.456. The molecule has 0 saturated carbocycles. The predicted molar refractivity (Wildman–Crippen MR) is 110 cm³/mol. The average molecular weight is 385 g/mol. The Morgan fingerprint density at radius 1 is 1.11 bits per heavy atom. The topological polar surface area (TPSA) is 56.7 Å². The first kappa shape index (κ1) is 19.2. The van der Waals surface area contributed by atoms with Gasteiger partial charge < -0.3 is 15.5 Å². The second-order valence-corrected chi connectivity index (χ2v) is 7.04. The molecular formula is C21H25ClN4O. The third-order valence-electron chi connectivity index (χ3n) is 4.63. The number of hydrogen-bond donors (Lipinski definition) is 2. The maximum atomic E-state index is 12.4. The number of fused-ring (bicyclic) bond motifs is 1. The molecule has 0 radical (unpaired) electrons. The van der Waals surface area contributed by atoms with E-state index in [1.54, 1.807) is 7.05 Å². The zero-order valence-electron chi connectivity index (χ0n) is 15.5. The second-order valence-electron chi connectivity index (χ2n) is 6.60. The van der Waals surface area contributed by atoms with Crippen LogP contribution < -0.4 is 10.6 Å². The van der Waals surface area contributed by atoms with Crippen LogP contribution in [-0.4, -0.2) is 30.4 Å². The number of nitrogens with zero attached hydrogens (tertiary/aromatic N) is 2. The summed E-state index contributed by atoms with van der Waals surface area (Å²) >= 11 is 6.00. The highest BCUT2D eigenvalue weighted by molar-refractivity contribution is 6.30. The number of rotatable bonds is 6. The van der Waals surface area contributed by atoms with Gasteiger partial charge in [0.15, 0.2) is 5.96 Å². The van der Waals surface area contributed by atoms with Crippen LogP contribution in [0.5, 0.6) is 0 Å². The lowest BCUT2D eigenvalue weighted by atomic mass is 10.1. The summed E-state index contributed by atoms with van der Waals surface area (Å²) in [5.41, 5.74) is 3.61. The Kier molecular flexibility index (Phi) is 6.71. The maximum absolute atomic E-state index is 12.4. The summed E-state index contributed by atoms with van der Waals surface area (Å²) in [6.07, 6.45) is 1.30. The van der Waals surface area contributed by atoms with E-state index in [1.807, 2.05) is 41.3 Å². The van der Waals surface area contributed by atoms with Gasteiger partial charge in [-0.1, -0.05) is 48.0 Å². The Bertz CT molecular complexity index is 796. The van der Waals surface area contributed by atoms with Crippen molar-refractivity contribution in [2.24, 2.45) is 4.99 Å². The number of aliphatic imine (C=N–C) groups is 1. The zero-order chi connectivity index (χ0) is 19.1. The lowest BCUT2D eigenvalue weighted by molar-refractivity contribution is -0.131. The molecule has 0 bridgehead atoms. The van der Waals surface area contributed by atoms with Crippen LogP contribution in [0, 0.1) is 0 Å². The maximum Gasteiger partial charge on any atom is 0.223 e. The van der Waals surface area contributed by atoms with E-state index in [-0.39, 0.29) is 5.91 Å². The molecule has 0 spiro atoms. The molecule has 0 saturated heterocycles. The molecule has 2 N–H and O–H groups in total. The van der Waals surface area contributed by atoms with Crippen molar-refractivity contribution < 1.29 is 4.79 Å². The van der Waals surface area contributed by atoms with Crippen molar-refractivity contribution in [3.63, 3.8) is 0 Å². The van der Waals surface area contributed by atoms with Gasteiger partial charge in [0.1, 0.15) is 0 Å². The Balaban J connectivity index is 1.36.